The van der Waals surface area contributed by atoms with Gasteiger partial charge in [0.1, 0.15) is 6.54 Å². The van der Waals surface area contributed by atoms with Gasteiger partial charge in [-0.2, -0.15) is 5.10 Å². The van der Waals surface area contributed by atoms with Crippen LogP contribution in [0.5, 0.6) is 0 Å². The molecular weight excluding hydrogens is 555 g/mol. The third-order valence-corrected chi connectivity index (χ3v) is 8.53. The zero-order valence-electron chi connectivity index (χ0n) is 21.9. The molecule has 0 radical (unpaired) electrons. The molecule has 3 aromatic carbocycles. The van der Waals surface area contributed by atoms with Crippen LogP contribution in [0.15, 0.2) is 82.8 Å². The number of aromatic nitrogens is 1. The second-order valence-corrected chi connectivity index (χ2v) is 11.9. The number of rotatable bonds is 8. The van der Waals surface area contributed by atoms with Crippen molar-refractivity contribution in [1.29, 1.82) is 0 Å². The molecule has 7 nitrogen and oxygen atoms in total. The van der Waals surface area contributed by atoms with Gasteiger partial charge in [0.15, 0.2) is 0 Å². The summed E-state index contributed by atoms with van der Waals surface area (Å²) >= 11 is 12.5. The summed E-state index contributed by atoms with van der Waals surface area (Å²) in [6.07, 6.45) is 1.52. The molecule has 0 bridgehead atoms. The molecule has 0 aliphatic rings. The number of sulfonamides is 1. The first-order chi connectivity index (χ1) is 18.5. The Labute approximate surface area is 238 Å². The van der Waals surface area contributed by atoms with E-state index in [2.05, 4.69) is 10.5 Å². The van der Waals surface area contributed by atoms with E-state index >= 15 is 0 Å². The van der Waals surface area contributed by atoms with Gasteiger partial charge in [0.2, 0.25) is 0 Å². The smallest absolute Gasteiger partial charge is 0.264 e. The van der Waals surface area contributed by atoms with Gasteiger partial charge in [-0.25, -0.2) is 13.8 Å². The van der Waals surface area contributed by atoms with Crippen LogP contribution in [-0.2, 0) is 14.8 Å². The van der Waals surface area contributed by atoms with Crippen molar-refractivity contribution < 1.29 is 13.2 Å². The molecule has 0 fully saturated rings. The number of carbonyl (C=O) groups is 1. The van der Waals surface area contributed by atoms with Gasteiger partial charge in [0.05, 0.1) is 27.5 Å². The molecule has 1 N–H and O–H groups in total. The van der Waals surface area contributed by atoms with Crippen LogP contribution in [0.3, 0.4) is 0 Å². The molecule has 39 heavy (non-hydrogen) atoms. The van der Waals surface area contributed by atoms with Gasteiger partial charge >= 0.3 is 0 Å². The van der Waals surface area contributed by atoms with Crippen molar-refractivity contribution in [3.8, 4) is 5.69 Å². The third kappa shape index (κ3) is 6.36. The van der Waals surface area contributed by atoms with Crippen LogP contribution in [0.25, 0.3) is 5.69 Å². The number of hydrogen-bond donors (Lipinski definition) is 1. The number of hydrazone groups is 1. The van der Waals surface area contributed by atoms with Gasteiger partial charge in [0, 0.05) is 22.0 Å². The zero-order valence-corrected chi connectivity index (χ0v) is 24.3. The minimum atomic E-state index is -4.01. The minimum Gasteiger partial charge on any atom is -0.316 e. The number of anilines is 1. The summed E-state index contributed by atoms with van der Waals surface area (Å²) in [6.45, 7) is 7.13. The van der Waals surface area contributed by atoms with E-state index in [0.29, 0.717) is 15.7 Å². The number of halogens is 2. The molecule has 0 aliphatic carbocycles. The van der Waals surface area contributed by atoms with Crippen LogP contribution < -0.4 is 9.73 Å². The molecule has 4 rings (SSSR count). The van der Waals surface area contributed by atoms with Crippen LogP contribution >= 0.6 is 23.2 Å². The summed E-state index contributed by atoms with van der Waals surface area (Å²) in [5.74, 6) is -0.585. The number of nitrogens with one attached hydrogen (secondary N) is 1. The Morgan fingerprint density at radius 1 is 0.949 bits per heavy atom. The summed E-state index contributed by atoms with van der Waals surface area (Å²) in [7, 11) is -4.01. The lowest BCUT2D eigenvalue weighted by molar-refractivity contribution is -0.119. The van der Waals surface area contributed by atoms with Gasteiger partial charge in [0.25, 0.3) is 15.9 Å². The van der Waals surface area contributed by atoms with E-state index in [1.54, 1.807) is 42.5 Å². The Morgan fingerprint density at radius 3 is 2.33 bits per heavy atom. The summed E-state index contributed by atoms with van der Waals surface area (Å²) in [5.41, 5.74) is 7.96. The fourth-order valence-corrected chi connectivity index (χ4v) is 6.13. The number of carbonyl (C=O) groups excluding carboxylic acids is 1. The van der Waals surface area contributed by atoms with Crippen LogP contribution in [-0.4, -0.2) is 31.7 Å². The average molecular weight is 584 g/mol. The van der Waals surface area contributed by atoms with E-state index in [4.69, 9.17) is 23.2 Å². The molecular formula is C29H28Cl2N4O3S. The largest absolute Gasteiger partial charge is 0.316 e. The monoisotopic (exact) mass is 582 g/mol. The zero-order chi connectivity index (χ0) is 28.3. The van der Waals surface area contributed by atoms with Gasteiger partial charge in [-0.05, 0) is 81.8 Å². The number of hydrogen-bond acceptors (Lipinski definition) is 4. The van der Waals surface area contributed by atoms with Crippen molar-refractivity contribution >= 4 is 51.0 Å². The number of amides is 1. The highest BCUT2D eigenvalue weighted by Crippen LogP contribution is 2.28. The van der Waals surface area contributed by atoms with Crippen molar-refractivity contribution in [3.63, 3.8) is 0 Å². The van der Waals surface area contributed by atoms with Crippen molar-refractivity contribution in [1.82, 2.24) is 9.99 Å². The summed E-state index contributed by atoms with van der Waals surface area (Å²) in [6, 6.07) is 20.7. The molecule has 0 unspecified atom stereocenters. The lowest BCUT2D eigenvalue weighted by atomic mass is 10.2. The van der Waals surface area contributed by atoms with Gasteiger partial charge < -0.3 is 4.57 Å². The minimum absolute atomic E-state index is 0.0965. The van der Waals surface area contributed by atoms with Crippen LogP contribution in [0.1, 0.15) is 28.1 Å². The third-order valence-electron chi connectivity index (χ3n) is 6.20. The maximum atomic E-state index is 13.5. The molecule has 0 saturated heterocycles. The highest BCUT2D eigenvalue weighted by atomic mass is 35.5. The fourth-order valence-electron chi connectivity index (χ4n) is 4.23. The summed E-state index contributed by atoms with van der Waals surface area (Å²) < 4.78 is 30.1. The van der Waals surface area contributed by atoms with Crippen molar-refractivity contribution in [2.75, 3.05) is 10.8 Å². The van der Waals surface area contributed by atoms with E-state index < -0.39 is 22.5 Å². The predicted octanol–water partition coefficient (Wildman–Crippen LogP) is 6.36. The standard InChI is InChI=1S/C29H28Cl2N4O3S/c1-19-8-11-26(12-9-19)39(37,38)34(25-7-5-6-20(2)14-25)18-29(36)33-32-17-23-15-21(3)35(22(23)4)28-13-10-24(30)16-27(28)31/h5-17H,18H2,1-4H3,(H,33,36)/b32-17-. The molecule has 0 aliphatic heterocycles. The average Bonchev–Trinajstić information content (AvgIpc) is 3.15. The lowest BCUT2D eigenvalue weighted by Crippen LogP contribution is -2.39. The van der Waals surface area contributed by atoms with Crippen LogP contribution in [0, 0.1) is 27.7 Å². The lowest BCUT2D eigenvalue weighted by Gasteiger charge is -2.24. The van der Waals surface area contributed by atoms with E-state index in [1.165, 1.54) is 18.3 Å². The first-order valence-electron chi connectivity index (χ1n) is 12.1. The van der Waals surface area contributed by atoms with Crippen molar-refractivity contribution in [3.05, 3.63) is 111 Å². The predicted molar refractivity (Wildman–Crippen MR) is 158 cm³/mol. The highest BCUT2D eigenvalue weighted by Gasteiger charge is 2.27. The molecule has 0 atom stereocenters. The molecule has 1 aromatic heterocycles. The molecule has 202 valence electrons. The normalized spacial score (nSPS) is 11.6. The van der Waals surface area contributed by atoms with Gasteiger partial charge in [-0.3, -0.25) is 9.10 Å². The maximum Gasteiger partial charge on any atom is 0.264 e. The summed E-state index contributed by atoms with van der Waals surface area (Å²) in [5, 5.41) is 5.15. The Hall–Kier alpha value is -3.59. The Morgan fingerprint density at radius 2 is 1.67 bits per heavy atom. The quantitative estimate of drug-likeness (QED) is 0.194. The molecule has 0 spiro atoms. The molecule has 10 heteroatoms. The number of benzene rings is 3. The molecule has 4 aromatic rings. The van der Waals surface area contributed by atoms with Crippen LogP contribution in [0.4, 0.5) is 5.69 Å². The second kappa shape index (κ2) is 11.7. The second-order valence-electron chi connectivity index (χ2n) is 9.21. The van der Waals surface area contributed by atoms with E-state index in [-0.39, 0.29) is 4.90 Å². The van der Waals surface area contributed by atoms with Crippen LogP contribution in [0.2, 0.25) is 10.0 Å². The number of aryl methyl sites for hydroxylation is 3. The van der Waals surface area contributed by atoms with E-state index in [9.17, 15) is 13.2 Å². The maximum absolute atomic E-state index is 13.5. The first kappa shape index (κ1) is 28.4. The molecule has 1 heterocycles. The molecule has 0 saturated carbocycles. The van der Waals surface area contributed by atoms with Crippen molar-refractivity contribution in [2.45, 2.75) is 32.6 Å². The summed E-state index contributed by atoms with van der Waals surface area (Å²) in [4.78, 5) is 13.0. The SMILES string of the molecule is Cc1ccc(S(=O)(=O)N(CC(=O)N/N=C\c2cc(C)n(-c3ccc(Cl)cc3Cl)c2C)c2cccc(C)c2)cc1. The first-order valence-corrected chi connectivity index (χ1v) is 14.3. The van der Waals surface area contributed by atoms with Gasteiger partial charge in [-0.1, -0.05) is 53.0 Å². The van der Waals surface area contributed by atoms with Gasteiger partial charge in [-0.15, -0.1) is 0 Å². The Balaban J connectivity index is 1.56. The van der Waals surface area contributed by atoms with E-state index in [0.717, 1.165) is 38.1 Å². The Bertz CT molecular complexity index is 1660. The fraction of sp³-hybridized carbons (Fsp3) is 0.172. The van der Waals surface area contributed by atoms with Crippen molar-refractivity contribution in [2.24, 2.45) is 5.10 Å². The molecule has 1 amide bonds. The Kier molecular flexibility index (Phi) is 8.49. The topological polar surface area (TPSA) is 83.8 Å². The number of nitrogens with zero attached hydrogens (tertiary/aromatic N) is 3. The van der Waals surface area contributed by atoms with E-state index in [1.807, 2.05) is 50.5 Å². The highest BCUT2D eigenvalue weighted by molar-refractivity contribution is 7.92.